The molecule has 0 radical (unpaired) electrons. The van der Waals surface area contributed by atoms with Crippen LogP contribution in [0.4, 0.5) is 0 Å². The zero-order valence-corrected chi connectivity index (χ0v) is 15.4. The number of amides is 1. The number of carbonyl (C=O) groups is 1. The van der Waals surface area contributed by atoms with Crippen molar-refractivity contribution >= 4 is 17.7 Å². The molecule has 1 N–H and O–H groups in total. The fourth-order valence-corrected chi connectivity index (χ4v) is 3.54. The minimum Gasteiger partial charge on any atom is -0.353 e. The summed E-state index contributed by atoms with van der Waals surface area (Å²) in [4.78, 5) is 23.3. The lowest BCUT2D eigenvalue weighted by atomic mass is 10.1. The molecule has 3 rings (SSSR count). The summed E-state index contributed by atoms with van der Waals surface area (Å²) in [5, 5.41) is 7.86. The number of hydrogen-bond acceptors (Lipinski definition) is 7. The summed E-state index contributed by atoms with van der Waals surface area (Å²) in [7, 11) is 2.11. The maximum absolute atomic E-state index is 12.2. The number of carbonyl (C=O) groups excluding carboxylic acids is 1. The van der Waals surface area contributed by atoms with Crippen molar-refractivity contribution in [3.63, 3.8) is 0 Å². The van der Waals surface area contributed by atoms with Crippen molar-refractivity contribution in [3.05, 3.63) is 24.2 Å². The summed E-state index contributed by atoms with van der Waals surface area (Å²) in [6.07, 6.45) is 4.41. The zero-order valence-electron chi connectivity index (χ0n) is 14.6. The van der Waals surface area contributed by atoms with Crippen LogP contribution in [0.3, 0.4) is 0 Å². The van der Waals surface area contributed by atoms with Crippen molar-refractivity contribution in [1.29, 1.82) is 0 Å². The lowest BCUT2D eigenvalue weighted by molar-refractivity contribution is -0.119. The first-order chi connectivity index (χ1) is 12.2. The highest BCUT2D eigenvalue weighted by Crippen LogP contribution is 2.27. The molecule has 0 unspecified atom stereocenters. The van der Waals surface area contributed by atoms with Gasteiger partial charge in [-0.3, -0.25) is 4.79 Å². The van der Waals surface area contributed by atoms with Gasteiger partial charge in [-0.2, -0.15) is 4.98 Å². The number of hydrogen-bond donors (Lipinski definition) is 1. The average Bonchev–Trinajstić information content (AvgIpc) is 3.11. The number of thioether (sulfide) groups is 1. The number of pyridine rings is 1. The Labute approximate surface area is 151 Å². The second kappa shape index (κ2) is 8.44. The molecule has 134 valence electrons. The number of aromatic nitrogens is 3. The fourth-order valence-electron chi connectivity index (χ4n) is 2.74. The first-order valence-electron chi connectivity index (χ1n) is 8.54. The SMILES string of the molecule is CCc1nc(-c2cccnc2SCC(=O)NC2CCN(C)CC2)no1. The Morgan fingerprint density at radius 3 is 2.96 bits per heavy atom. The number of nitrogens with one attached hydrogen (secondary N) is 1. The third kappa shape index (κ3) is 4.79. The number of rotatable bonds is 6. The van der Waals surface area contributed by atoms with E-state index >= 15 is 0 Å². The topological polar surface area (TPSA) is 84.2 Å². The van der Waals surface area contributed by atoms with Gasteiger partial charge >= 0.3 is 0 Å². The highest BCUT2D eigenvalue weighted by Gasteiger charge is 2.19. The zero-order chi connectivity index (χ0) is 17.6. The van der Waals surface area contributed by atoms with Crippen LogP contribution >= 0.6 is 11.8 Å². The maximum Gasteiger partial charge on any atom is 0.230 e. The van der Waals surface area contributed by atoms with Crippen LogP contribution in [0, 0.1) is 0 Å². The molecule has 25 heavy (non-hydrogen) atoms. The van der Waals surface area contributed by atoms with Gasteiger partial charge in [-0.05, 0) is 45.1 Å². The van der Waals surface area contributed by atoms with Crippen LogP contribution in [-0.4, -0.2) is 57.9 Å². The molecule has 8 heteroatoms. The largest absolute Gasteiger partial charge is 0.353 e. The van der Waals surface area contributed by atoms with Gasteiger partial charge in [0.05, 0.1) is 11.3 Å². The smallest absolute Gasteiger partial charge is 0.230 e. The molecule has 2 aromatic rings. The van der Waals surface area contributed by atoms with Crippen molar-refractivity contribution in [1.82, 2.24) is 25.3 Å². The van der Waals surface area contributed by atoms with E-state index in [4.69, 9.17) is 4.52 Å². The molecule has 1 aliphatic heterocycles. The van der Waals surface area contributed by atoms with E-state index in [0.29, 0.717) is 23.9 Å². The minimum absolute atomic E-state index is 0.0403. The maximum atomic E-state index is 12.2. The van der Waals surface area contributed by atoms with Crippen LogP contribution in [0.2, 0.25) is 0 Å². The van der Waals surface area contributed by atoms with Crippen molar-refractivity contribution in [3.8, 4) is 11.4 Å². The summed E-state index contributed by atoms with van der Waals surface area (Å²) in [5.41, 5.74) is 0.794. The number of likely N-dealkylation sites (tertiary alicyclic amines) is 1. The van der Waals surface area contributed by atoms with E-state index in [-0.39, 0.29) is 11.9 Å². The van der Waals surface area contributed by atoms with E-state index in [1.165, 1.54) is 11.8 Å². The van der Waals surface area contributed by atoms with Crippen molar-refractivity contribution in [2.24, 2.45) is 0 Å². The summed E-state index contributed by atoms with van der Waals surface area (Å²) in [6.45, 7) is 4.02. The molecule has 0 bridgehead atoms. The molecule has 0 spiro atoms. The highest BCUT2D eigenvalue weighted by atomic mass is 32.2. The Hall–Kier alpha value is -1.93. The Kier molecular flexibility index (Phi) is 6.04. The Morgan fingerprint density at radius 2 is 2.24 bits per heavy atom. The quantitative estimate of drug-likeness (QED) is 0.788. The number of piperidine rings is 1. The standard InChI is InChI=1S/C17H23N5O2S/c1-3-15-20-16(21-24-15)13-5-4-8-18-17(13)25-11-14(23)19-12-6-9-22(2)10-7-12/h4-5,8,12H,3,6-7,9-11H2,1-2H3,(H,19,23). The van der Waals surface area contributed by atoms with Crippen LogP contribution in [0.5, 0.6) is 0 Å². The second-order valence-corrected chi connectivity index (χ2v) is 7.12. The van der Waals surface area contributed by atoms with E-state index in [1.54, 1.807) is 6.20 Å². The van der Waals surface area contributed by atoms with Gasteiger partial charge in [-0.25, -0.2) is 4.98 Å². The van der Waals surface area contributed by atoms with Gasteiger partial charge in [-0.15, -0.1) is 0 Å². The van der Waals surface area contributed by atoms with Crippen LogP contribution in [0.1, 0.15) is 25.7 Å². The molecule has 1 amide bonds. The molecule has 0 saturated carbocycles. The lowest BCUT2D eigenvalue weighted by Crippen LogP contribution is -2.43. The second-order valence-electron chi connectivity index (χ2n) is 6.16. The molecule has 3 heterocycles. The van der Waals surface area contributed by atoms with E-state index in [0.717, 1.165) is 36.5 Å². The normalized spacial score (nSPS) is 16.1. The summed E-state index contributed by atoms with van der Waals surface area (Å²) in [5.74, 6) is 1.48. The van der Waals surface area contributed by atoms with Gasteiger partial charge < -0.3 is 14.7 Å². The van der Waals surface area contributed by atoms with Crippen LogP contribution < -0.4 is 5.32 Å². The van der Waals surface area contributed by atoms with Gasteiger partial charge in [-0.1, -0.05) is 23.8 Å². The average molecular weight is 361 g/mol. The summed E-state index contributed by atoms with van der Waals surface area (Å²) in [6, 6.07) is 4.01. The minimum atomic E-state index is 0.0403. The van der Waals surface area contributed by atoms with E-state index < -0.39 is 0 Å². The van der Waals surface area contributed by atoms with Crippen molar-refractivity contribution < 1.29 is 9.32 Å². The molecule has 1 fully saturated rings. The fraction of sp³-hybridized carbons (Fsp3) is 0.529. The van der Waals surface area contributed by atoms with Crippen molar-refractivity contribution in [2.45, 2.75) is 37.3 Å². The molecular formula is C17H23N5O2S. The van der Waals surface area contributed by atoms with Gasteiger partial charge in [0.25, 0.3) is 0 Å². The third-order valence-electron chi connectivity index (χ3n) is 4.21. The van der Waals surface area contributed by atoms with Gasteiger partial charge in [0, 0.05) is 18.7 Å². The first-order valence-corrected chi connectivity index (χ1v) is 9.53. The van der Waals surface area contributed by atoms with Gasteiger partial charge in [0.2, 0.25) is 17.6 Å². The molecule has 7 nitrogen and oxygen atoms in total. The monoisotopic (exact) mass is 361 g/mol. The Balaban J connectivity index is 1.58. The number of nitrogens with zero attached hydrogens (tertiary/aromatic N) is 4. The van der Waals surface area contributed by atoms with Crippen LogP contribution in [0.25, 0.3) is 11.4 Å². The molecule has 1 aliphatic rings. The van der Waals surface area contributed by atoms with Crippen LogP contribution in [-0.2, 0) is 11.2 Å². The Bertz CT molecular complexity index is 713. The molecule has 0 aromatic carbocycles. The summed E-state index contributed by atoms with van der Waals surface area (Å²) >= 11 is 1.40. The van der Waals surface area contributed by atoms with Crippen molar-refractivity contribution in [2.75, 3.05) is 25.9 Å². The number of aryl methyl sites for hydroxylation is 1. The van der Waals surface area contributed by atoms with E-state index in [9.17, 15) is 4.79 Å². The van der Waals surface area contributed by atoms with Gasteiger partial charge in [0.1, 0.15) is 5.03 Å². The molecular weight excluding hydrogens is 338 g/mol. The lowest BCUT2D eigenvalue weighted by Gasteiger charge is -2.29. The van der Waals surface area contributed by atoms with Gasteiger partial charge in [0.15, 0.2) is 0 Å². The Morgan fingerprint density at radius 1 is 1.44 bits per heavy atom. The van der Waals surface area contributed by atoms with E-state index in [1.807, 2.05) is 19.1 Å². The molecule has 2 aromatic heterocycles. The summed E-state index contributed by atoms with van der Waals surface area (Å²) < 4.78 is 5.18. The highest BCUT2D eigenvalue weighted by molar-refractivity contribution is 8.00. The first kappa shape index (κ1) is 17.9. The predicted molar refractivity (Wildman–Crippen MR) is 96.3 cm³/mol. The van der Waals surface area contributed by atoms with E-state index in [2.05, 4.69) is 32.4 Å². The molecule has 0 aliphatic carbocycles. The van der Waals surface area contributed by atoms with Crippen LogP contribution in [0.15, 0.2) is 27.9 Å². The predicted octanol–water partition coefficient (Wildman–Crippen LogP) is 2.00. The third-order valence-corrected chi connectivity index (χ3v) is 5.21. The molecule has 0 atom stereocenters. The molecule has 1 saturated heterocycles.